The van der Waals surface area contributed by atoms with Gasteiger partial charge in [-0.3, -0.25) is 4.90 Å². The van der Waals surface area contributed by atoms with Gasteiger partial charge in [-0.15, -0.1) is 11.3 Å². The summed E-state index contributed by atoms with van der Waals surface area (Å²) in [5.74, 6) is -0.845. The quantitative estimate of drug-likeness (QED) is 0.721. The normalized spacial score (nSPS) is 11.7. The molecule has 0 aromatic carbocycles. The fraction of sp³-hybridized carbons (Fsp3) is 0.643. The van der Waals surface area contributed by atoms with E-state index in [4.69, 9.17) is 5.11 Å². The summed E-state index contributed by atoms with van der Waals surface area (Å²) in [6.45, 7) is 11.5. The first kappa shape index (κ1) is 16.1. The van der Waals surface area contributed by atoms with Crippen LogP contribution in [0.3, 0.4) is 0 Å². The molecule has 0 atom stereocenters. The predicted octanol–water partition coefficient (Wildman–Crippen LogP) is 2.65. The first-order valence-corrected chi connectivity index (χ1v) is 7.52. The largest absolute Gasteiger partial charge is 0.477 e. The highest BCUT2D eigenvalue weighted by Crippen LogP contribution is 2.15. The highest BCUT2D eigenvalue weighted by molar-refractivity contribution is 7.13. The maximum atomic E-state index is 10.8. The number of carboxylic acids is 1. The average Bonchev–Trinajstić information content (AvgIpc) is 2.76. The Bertz CT molecular complexity index is 394. The van der Waals surface area contributed by atoms with Gasteiger partial charge in [0.1, 0.15) is 4.88 Å². The van der Waals surface area contributed by atoms with Crippen molar-refractivity contribution in [2.75, 3.05) is 13.1 Å². The molecule has 0 amide bonds. The lowest BCUT2D eigenvalue weighted by atomic mass is 10.2. The zero-order valence-corrected chi connectivity index (χ0v) is 13.0. The Hall–Kier alpha value is -0.910. The molecule has 0 aliphatic rings. The van der Waals surface area contributed by atoms with Crippen LogP contribution in [-0.2, 0) is 6.54 Å². The van der Waals surface area contributed by atoms with Gasteiger partial charge in [-0.05, 0) is 39.8 Å². The molecule has 0 saturated heterocycles. The van der Waals surface area contributed by atoms with E-state index in [1.807, 2.05) is 6.07 Å². The van der Waals surface area contributed by atoms with Crippen molar-refractivity contribution in [1.29, 1.82) is 0 Å². The Balaban J connectivity index is 2.31. The van der Waals surface area contributed by atoms with Crippen LogP contribution in [0, 0.1) is 0 Å². The summed E-state index contributed by atoms with van der Waals surface area (Å²) in [4.78, 5) is 14.7. The number of nitrogens with zero attached hydrogens (tertiary/aromatic N) is 1. The first-order valence-electron chi connectivity index (χ1n) is 6.70. The van der Waals surface area contributed by atoms with Gasteiger partial charge in [-0.25, -0.2) is 4.79 Å². The van der Waals surface area contributed by atoms with Gasteiger partial charge in [0.2, 0.25) is 0 Å². The third-order valence-corrected chi connectivity index (χ3v) is 4.12. The monoisotopic (exact) mass is 284 g/mol. The van der Waals surface area contributed by atoms with Crippen LogP contribution in [0.15, 0.2) is 12.1 Å². The van der Waals surface area contributed by atoms with Crippen LogP contribution in [0.4, 0.5) is 0 Å². The van der Waals surface area contributed by atoms with Crippen molar-refractivity contribution in [2.45, 2.75) is 46.3 Å². The van der Waals surface area contributed by atoms with E-state index in [1.165, 1.54) is 11.3 Å². The number of aromatic carboxylic acids is 1. The number of carboxylic acid groups (broad SMARTS) is 1. The number of nitrogens with one attached hydrogen (secondary N) is 1. The van der Waals surface area contributed by atoms with Crippen LogP contribution in [0.5, 0.6) is 0 Å². The second-order valence-electron chi connectivity index (χ2n) is 5.17. The van der Waals surface area contributed by atoms with E-state index in [9.17, 15) is 4.79 Å². The molecular weight excluding hydrogens is 260 g/mol. The Kier molecular flexibility index (Phi) is 6.48. The summed E-state index contributed by atoms with van der Waals surface area (Å²) < 4.78 is 0. The van der Waals surface area contributed by atoms with Crippen molar-refractivity contribution >= 4 is 17.3 Å². The van der Waals surface area contributed by atoms with Gasteiger partial charge >= 0.3 is 5.97 Å². The molecule has 1 heterocycles. The Morgan fingerprint density at radius 1 is 1.32 bits per heavy atom. The molecule has 0 unspecified atom stereocenters. The smallest absolute Gasteiger partial charge is 0.345 e. The van der Waals surface area contributed by atoms with E-state index in [0.717, 1.165) is 24.5 Å². The van der Waals surface area contributed by atoms with Crippen LogP contribution in [0.25, 0.3) is 0 Å². The fourth-order valence-corrected chi connectivity index (χ4v) is 2.94. The van der Waals surface area contributed by atoms with Crippen molar-refractivity contribution < 1.29 is 9.90 Å². The molecule has 0 saturated carbocycles. The van der Waals surface area contributed by atoms with Gasteiger partial charge in [0, 0.05) is 36.6 Å². The number of hydrogen-bond acceptors (Lipinski definition) is 4. The van der Waals surface area contributed by atoms with Crippen molar-refractivity contribution in [3.05, 3.63) is 21.9 Å². The molecule has 0 aliphatic heterocycles. The molecule has 1 rings (SSSR count). The molecule has 1 aromatic heterocycles. The molecule has 0 bridgehead atoms. The van der Waals surface area contributed by atoms with Crippen LogP contribution in [0.1, 0.15) is 42.2 Å². The summed E-state index contributed by atoms with van der Waals surface area (Å²) >= 11 is 1.34. The lowest BCUT2D eigenvalue weighted by molar-refractivity contribution is 0.0702. The third-order valence-electron chi connectivity index (χ3n) is 3.05. The Labute approximate surface area is 119 Å². The second-order valence-corrected chi connectivity index (χ2v) is 6.34. The first-order chi connectivity index (χ1) is 8.91. The van der Waals surface area contributed by atoms with E-state index < -0.39 is 5.97 Å². The molecule has 0 radical (unpaired) electrons. The number of carbonyl (C=O) groups is 1. The summed E-state index contributed by atoms with van der Waals surface area (Å²) in [7, 11) is 0. The lowest BCUT2D eigenvalue weighted by Gasteiger charge is -2.30. The average molecular weight is 284 g/mol. The fourth-order valence-electron chi connectivity index (χ4n) is 2.12. The summed E-state index contributed by atoms with van der Waals surface area (Å²) in [6, 6.07) is 4.63. The number of hydrogen-bond donors (Lipinski definition) is 2. The summed E-state index contributed by atoms with van der Waals surface area (Å²) in [6.07, 6.45) is 0. The molecule has 2 N–H and O–H groups in total. The molecular formula is C14H24N2O2S. The maximum absolute atomic E-state index is 10.8. The van der Waals surface area contributed by atoms with Gasteiger partial charge in [0.25, 0.3) is 0 Å². The molecule has 4 nitrogen and oxygen atoms in total. The lowest BCUT2D eigenvalue weighted by Crippen LogP contribution is -2.41. The number of rotatable bonds is 8. The van der Waals surface area contributed by atoms with Crippen molar-refractivity contribution in [3.8, 4) is 0 Å². The molecule has 0 spiro atoms. The van der Waals surface area contributed by atoms with E-state index in [-0.39, 0.29) is 0 Å². The van der Waals surface area contributed by atoms with Crippen LogP contribution in [0.2, 0.25) is 0 Å². The molecule has 0 aliphatic carbocycles. The van der Waals surface area contributed by atoms with E-state index in [2.05, 4.69) is 37.9 Å². The predicted molar refractivity (Wildman–Crippen MR) is 80.0 cm³/mol. The zero-order valence-electron chi connectivity index (χ0n) is 12.1. The van der Waals surface area contributed by atoms with Crippen LogP contribution >= 0.6 is 11.3 Å². The van der Waals surface area contributed by atoms with Crippen molar-refractivity contribution in [1.82, 2.24) is 10.2 Å². The Morgan fingerprint density at radius 3 is 2.42 bits per heavy atom. The summed E-state index contributed by atoms with van der Waals surface area (Å²) in [5, 5.41) is 12.2. The van der Waals surface area contributed by atoms with E-state index in [1.54, 1.807) is 6.07 Å². The number of thiophene rings is 1. The van der Waals surface area contributed by atoms with Gasteiger partial charge < -0.3 is 10.4 Å². The standard InChI is InChI=1S/C14H24N2O2S/c1-10(2)16(11(3)4)8-7-15-9-12-5-6-13(19-12)14(17)18/h5-6,10-11,15H,7-9H2,1-4H3,(H,17,18). The van der Waals surface area contributed by atoms with E-state index >= 15 is 0 Å². The molecule has 19 heavy (non-hydrogen) atoms. The van der Waals surface area contributed by atoms with Gasteiger partial charge in [-0.2, -0.15) is 0 Å². The minimum atomic E-state index is -0.845. The minimum absolute atomic E-state index is 0.405. The Morgan fingerprint density at radius 2 is 1.95 bits per heavy atom. The summed E-state index contributed by atoms with van der Waals surface area (Å²) in [5.41, 5.74) is 0. The van der Waals surface area contributed by atoms with E-state index in [0.29, 0.717) is 17.0 Å². The third kappa shape index (κ3) is 5.30. The van der Waals surface area contributed by atoms with Crippen LogP contribution in [-0.4, -0.2) is 41.1 Å². The van der Waals surface area contributed by atoms with Crippen molar-refractivity contribution in [2.24, 2.45) is 0 Å². The highest BCUT2D eigenvalue weighted by atomic mass is 32.1. The molecule has 5 heteroatoms. The second kappa shape index (κ2) is 7.62. The highest BCUT2D eigenvalue weighted by Gasteiger charge is 2.12. The SMILES string of the molecule is CC(C)N(CCNCc1ccc(C(=O)O)s1)C(C)C. The topological polar surface area (TPSA) is 52.6 Å². The zero-order chi connectivity index (χ0) is 14.4. The maximum Gasteiger partial charge on any atom is 0.345 e. The van der Waals surface area contributed by atoms with Crippen LogP contribution < -0.4 is 5.32 Å². The minimum Gasteiger partial charge on any atom is -0.477 e. The molecule has 1 aromatic rings. The van der Waals surface area contributed by atoms with Crippen molar-refractivity contribution in [3.63, 3.8) is 0 Å². The van der Waals surface area contributed by atoms with Gasteiger partial charge in [0.05, 0.1) is 0 Å². The van der Waals surface area contributed by atoms with Gasteiger partial charge in [0.15, 0.2) is 0 Å². The molecule has 0 fully saturated rings. The molecule has 108 valence electrons. The van der Waals surface area contributed by atoms with Gasteiger partial charge in [-0.1, -0.05) is 0 Å².